The molecule has 0 aliphatic heterocycles. The van der Waals surface area contributed by atoms with Gasteiger partial charge in [0.2, 0.25) is 0 Å². The van der Waals surface area contributed by atoms with Crippen LogP contribution in [0.3, 0.4) is 0 Å². The highest BCUT2D eigenvalue weighted by molar-refractivity contribution is 5.95. The lowest BCUT2D eigenvalue weighted by Gasteiger charge is -2.15. The molecule has 0 bridgehead atoms. The number of rotatable bonds is 7. The Kier molecular flexibility index (Phi) is 5.98. The first-order valence-electron chi connectivity index (χ1n) is 9.53. The van der Waals surface area contributed by atoms with E-state index in [2.05, 4.69) is 16.5 Å². The molecule has 1 aromatic heterocycles. The van der Waals surface area contributed by atoms with Crippen LogP contribution in [0.1, 0.15) is 46.5 Å². The molecule has 30 heavy (non-hydrogen) atoms. The molecule has 0 aliphatic rings. The highest BCUT2D eigenvalue weighted by Gasteiger charge is 2.19. The number of nitrogen functional groups attached to an aromatic ring is 1. The fourth-order valence-electron chi connectivity index (χ4n) is 2.93. The Morgan fingerprint density at radius 2 is 1.77 bits per heavy atom. The van der Waals surface area contributed by atoms with E-state index in [-0.39, 0.29) is 11.7 Å². The van der Waals surface area contributed by atoms with Crippen LogP contribution < -0.4 is 11.1 Å². The number of nitrogens with one attached hydrogen (secondary N) is 2. The van der Waals surface area contributed by atoms with Crippen molar-refractivity contribution in [3.8, 4) is 6.07 Å². The molecule has 1 heterocycles. The van der Waals surface area contributed by atoms with E-state index in [1.165, 1.54) is 0 Å². The van der Waals surface area contributed by atoms with Gasteiger partial charge in [0.15, 0.2) is 0 Å². The van der Waals surface area contributed by atoms with Crippen LogP contribution >= 0.6 is 0 Å². The number of amides is 1. The van der Waals surface area contributed by atoms with Crippen molar-refractivity contribution < 1.29 is 4.79 Å². The van der Waals surface area contributed by atoms with Crippen LogP contribution in [0.4, 0.5) is 0 Å². The normalized spacial score (nSPS) is 11.0. The van der Waals surface area contributed by atoms with Gasteiger partial charge in [-0.05, 0) is 30.5 Å². The minimum absolute atomic E-state index is 0.0152. The molecular weight excluding hydrogens is 376 g/mol. The van der Waals surface area contributed by atoms with E-state index in [1.807, 2.05) is 50.2 Å². The quantitative estimate of drug-likeness (QED) is 0.417. The van der Waals surface area contributed by atoms with E-state index in [1.54, 1.807) is 29.2 Å². The molecule has 7 nitrogen and oxygen atoms in total. The summed E-state index contributed by atoms with van der Waals surface area (Å²) in [4.78, 5) is 12.4. The predicted octanol–water partition coefficient (Wildman–Crippen LogP) is 2.95. The van der Waals surface area contributed by atoms with E-state index in [4.69, 9.17) is 11.1 Å². The summed E-state index contributed by atoms with van der Waals surface area (Å²) in [5, 5.41) is 23.8. The number of benzene rings is 2. The monoisotopic (exact) mass is 400 g/mol. The molecular formula is C23H24N6O. The van der Waals surface area contributed by atoms with E-state index in [0.717, 1.165) is 16.7 Å². The molecule has 0 saturated heterocycles. The van der Waals surface area contributed by atoms with Crippen molar-refractivity contribution in [2.75, 3.05) is 0 Å². The number of carbonyl (C=O) groups is 1. The van der Waals surface area contributed by atoms with Gasteiger partial charge in [0.05, 0.1) is 29.8 Å². The van der Waals surface area contributed by atoms with Gasteiger partial charge in [0.25, 0.3) is 5.91 Å². The minimum atomic E-state index is -0.526. The molecule has 0 radical (unpaired) electrons. The van der Waals surface area contributed by atoms with E-state index >= 15 is 0 Å². The molecule has 0 aliphatic carbocycles. The van der Waals surface area contributed by atoms with Crippen LogP contribution in [-0.4, -0.2) is 21.5 Å². The zero-order chi connectivity index (χ0) is 21.7. The van der Waals surface area contributed by atoms with Crippen LogP contribution in [0, 0.1) is 16.7 Å². The molecule has 2 aromatic carbocycles. The van der Waals surface area contributed by atoms with Crippen LogP contribution in [0.15, 0.2) is 60.9 Å². The lowest BCUT2D eigenvalue weighted by Crippen LogP contribution is -2.22. The molecule has 1 amide bonds. The fourth-order valence-corrected chi connectivity index (χ4v) is 2.93. The molecule has 3 rings (SSSR count). The first kappa shape index (κ1) is 20.8. The van der Waals surface area contributed by atoms with Gasteiger partial charge in [-0.2, -0.15) is 10.4 Å². The average Bonchev–Trinajstić information content (AvgIpc) is 3.21. The summed E-state index contributed by atoms with van der Waals surface area (Å²) in [5.74, 6) is -0.190. The third-order valence-electron chi connectivity index (χ3n) is 4.91. The van der Waals surface area contributed by atoms with Gasteiger partial charge in [0, 0.05) is 18.3 Å². The topological polar surface area (TPSA) is 121 Å². The van der Waals surface area contributed by atoms with Crippen LogP contribution in [0.2, 0.25) is 0 Å². The Balaban J connectivity index is 1.58. The summed E-state index contributed by atoms with van der Waals surface area (Å²) in [6, 6.07) is 17.3. The predicted molar refractivity (Wildman–Crippen MR) is 115 cm³/mol. The Labute approximate surface area is 175 Å². The van der Waals surface area contributed by atoms with Crippen molar-refractivity contribution in [2.45, 2.75) is 32.4 Å². The number of aromatic nitrogens is 2. The minimum Gasteiger partial charge on any atom is -0.384 e. The number of carbonyl (C=O) groups excluding carboxylic acids is 1. The van der Waals surface area contributed by atoms with E-state index < -0.39 is 5.41 Å². The Bertz CT molecular complexity index is 1090. The third kappa shape index (κ3) is 4.92. The molecule has 0 atom stereocenters. The van der Waals surface area contributed by atoms with Crippen LogP contribution in [0.5, 0.6) is 0 Å². The van der Waals surface area contributed by atoms with E-state index in [9.17, 15) is 10.1 Å². The lowest BCUT2D eigenvalue weighted by atomic mass is 9.86. The number of amidine groups is 1. The zero-order valence-corrected chi connectivity index (χ0v) is 17.0. The number of nitrogens with zero attached hydrogens (tertiary/aromatic N) is 3. The first-order valence-corrected chi connectivity index (χ1v) is 9.53. The van der Waals surface area contributed by atoms with Crippen molar-refractivity contribution in [1.29, 1.82) is 10.7 Å². The van der Waals surface area contributed by atoms with Gasteiger partial charge >= 0.3 is 0 Å². The number of hydrogen-bond donors (Lipinski definition) is 3. The number of hydrogen-bond acceptors (Lipinski definition) is 4. The molecule has 3 aromatic rings. The van der Waals surface area contributed by atoms with Crippen LogP contribution in [0.25, 0.3) is 0 Å². The summed E-state index contributed by atoms with van der Waals surface area (Å²) in [7, 11) is 0. The van der Waals surface area contributed by atoms with Crippen LogP contribution in [-0.2, 0) is 18.5 Å². The zero-order valence-electron chi connectivity index (χ0n) is 17.0. The molecule has 0 saturated carbocycles. The molecule has 0 unspecified atom stereocenters. The van der Waals surface area contributed by atoms with Gasteiger partial charge in [-0.15, -0.1) is 0 Å². The first-order chi connectivity index (χ1) is 14.3. The molecule has 4 N–H and O–H groups in total. The van der Waals surface area contributed by atoms with Crippen molar-refractivity contribution in [1.82, 2.24) is 15.1 Å². The van der Waals surface area contributed by atoms with Gasteiger partial charge in [0.1, 0.15) is 5.84 Å². The van der Waals surface area contributed by atoms with Crippen molar-refractivity contribution in [2.24, 2.45) is 5.73 Å². The summed E-state index contributed by atoms with van der Waals surface area (Å²) in [5.41, 5.74) is 8.97. The molecule has 7 heteroatoms. The number of nitriles is 1. The molecule has 0 fully saturated rings. The fraction of sp³-hybridized carbons (Fsp3) is 0.217. The summed E-state index contributed by atoms with van der Waals surface area (Å²) < 4.78 is 1.71. The lowest BCUT2D eigenvalue weighted by molar-refractivity contribution is 0.0951. The second-order valence-corrected chi connectivity index (χ2v) is 7.65. The molecule has 0 spiro atoms. The largest absolute Gasteiger partial charge is 0.384 e. The highest BCUT2D eigenvalue weighted by atomic mass is 16.1. The Hall–Kier alpha value is -3.92. The van der Waals surface area contributed by atoms with E-state index in [0.29, 0.717) is 24.2 Å². The van der Waals surface area contributed by atoms with Crippen molar-refractivity contribution in [3.63, 3.8) is 0 Å². The van der Waals surface area contributed by atoms with Crippen molar-refractivity contribution in [3.05, 3.63) is 88.7 Å². The smallest absolute Gasteiger partial charge is 0.254 e. The maximum Gasteiger partial charge on any atom is 0.254 e. The van der Waals surface area contributed by atoms with Crippen molar-refractivity contribution >= 4 is 11.7 Å². The number of nitrogens with two attached hydrogens (primary N) is 1. The summed E-state index contributed by atoms with van der Waals surface area (Å²) in [6.07, 6.45) is 3.25. The third-order valence-corrected chi connectivity index (χ3v) is 4.91. The van der Waals surface area contributed by atoms with Gasteiger partial charge in [-0.1, -0.05) is 48.5 Å². The second kappa shape index (κ2) is 8.62. The molecule has 152 valence electrons. The second-order valence-electron chi connectivity index (χ2n) is 7.65. The highest BCUT2D eigenvalue weighted by Crippen LogP contribution is 2.22. The summed E-state index contributed by atoms with van der Waals surface area (Å²) >= 11 is 0. The van der Waals surface area contributed by atoms with Gasteiger partial charge in [-0.3, -0.25) is 14.9 Å². The maximum absolute atomic E-state index is 12.4. The van der Waals surface area contributed by atoms with Gasteiger partial charge in [-0.25, -0.2) is 0 Å². The maximum atomic E-state index is 12.4. The standard InChI is InChI=1S/C23H24N6O/c1-23(2,15-24)20-9-5-17(6-10-20)13-29-14-19(12-28-29)22(30)27-11-16-3-7-18(8-4-16)21(25)26/h3-10,12,14H,11,13H2,1-2H3,(H3,25,26)(H,27,30). The summed E-state index contributed by atoms with van der Waals surface area (Å²) in [6.45, 7) is 4.68. The average molecular weight is 400 g/mol. The SMILES string of the molecule is CC(C)(C#N)c1ccc(Cn2cc(C(=O)NCc3ccc(C(=N)N)cc3)cn2)cc1. The Morgan fingerprint density at radius 3 is 2.37 bits per heavy atom. The van der Waals surface area contributed by atoms with Gasteiger partial charge < -0.3 is 11.1 Å². The Morgan fingerprint density at radius 1 is 1.13 bits per heavy atom.